The largest absolute Gasteiger partial charge is 0.494 e. The first-order valence-corrected chi connectivity index (χ1v) is 14.5. The Bertz CT molecular complexity index is 1310. The number of carbonyl (C=O) groups is 1. The molecule has 1 aromatic carbocycles. The number of aliphatic hydroxyl groups excluding tert-OH is 1. The quantitative estimate of drug-likeness (QED) is 0.364. The topological polar surface area (TPSA) is 135 Å². The number of aliphatic hydroxyl groups is 1. The summed E-state index contributed by atoms with van der Waals surface area (Å²) in [5.41, 5.74) is 3.24. The fourth-order valence-electron chi connectivity index (χ4n) is 5.95. The lowest BCUT2D eigenvalue weighted by molar-refractivity contribution is 0.0805. The predicted molar refractivity (Wildman–Crippen MR) is 154 cm³/mol. The van der Waals surface area contributed by atoms with Crippen molar-refractivity contribution in [3.05, 3.63) is 24.5 Å². The highest BCUT2D eigenvalue weighted by Gasteiger charge is 2.28. The second-order valence-electron chi connectivity index (χ2n) is 11.0. The van der Waals surface area contributed by atoms with Crippen LogP contribution in [0.4, 0.5) is 27.9 Å². The zero-order valence-corrected chi connectivity index (χ0v) is 23.1. The number of hydrogen-bond acceptors (Lipinski definition) is 9. The van der Waals surface area contributed by atoms with Gasteiger partial charge in [-0.3, -0.25) is 0 Å². The molecule has 2 amide bonds. The first-order valence-electron chi connectivity index (χ1n) is 14.5. The number of piperazine rings is 1. The molecule has 214 valence electrons. The molecule has 3 fully saturated rings. The van der Waals surface area contributed by atoms with E-state index in [9.17, 15) is 9.90 Å². The number of rotatable bonds is 6. The number of H-pyrrole nitrogens is 1. The van der Waals surface area contributed by atoms with E-state index in [1.807, 2.05) is 21.9 Å². The summed E-state index contributed by atoms with van der Waals surface area (Å²) in [5.74, 6) is 1.90. The fraction of sp³-hybridized carbons (Fsp3) is 0.571. The van der Waals surface area contributed by atoms with Gasteiger partial charge in [0, 0.05) is 57.1 Å². The maximum absolute atomic E-state index is 12.9. The van der Waals surface area contributed by atoms with Crippen LogP contribution in [0.1, 0.15) is 44.9 Å². The number of piperidine rings is 1. The standard InChI is InChI=1S/C28H39N9O3/c1-40-23-17-20(35-13-15-37(16-14-35)28(39)36-11-9-21(38)10-12-36)7-8-22(23)32-27-33-25-24(29-18-30-25)26(34-27)31-19-5-3-2-4-6-19/h7-8,17-19,21,38H,2-6,9-16H2,1H3,(H3,29,30,31,32,33,34). The number of benzene rings is 1. The summed E-state index contributed by atoms with van der Waals surface area (Å²) in [4.78, 5) is 36.0. The molecule has 0 bridgehead atoms. The second-order valence-corrected chi connectivity index (χ2v) is 11.0. The minimum atomic E-state index is -0.284. The lowest BCUT2D eigenvalue weighted by Gasteiger charge is -2.40. The number of nitrogens with one attached hydrogen (secondary N) is 3. The highest BCUT2D eigenvalue weighted by Crippen LogP contribution is 2.33. The number of nitrogens with zero attached hydrogens (tertiary/aromatic N) is 6. The van der Waals surface area contributed by atoms with Crippen molar-refractivity contribution in [1.82, 2.24) is 29.7 Å². The molecular weight excluding hydrogens is 510 g/mol. The fourth-order valence-corrected chi connectivity index (χ4v) is 5.95. The van der Waals surface area contributed by atoms with Crippen molar-refractivity contribution in [3.8, 4) is 5.75 Å². The lowest BCUT2D eigenvalue weighted by Crippen LogP contribution is -2.54. The number of methoxy groups -OCH3 is 1. The van der Waals surface area contributed by atoms with Crippen LogP contribution in [-0.2, 0) is 0 Å². The summed E-state index contributed by atoms with van der Waals surface area (Å²) in [6.07, 6.45) is 8.71. The van der Waals surface area contributed by atoms with Gasteiger partial charge in [0.25, 0.3) is 0 Å². The first kappa shape index (κ1) is 26.4. The van der Waals surface area contributed by atoms with E-state index in [4.69, 9.17) is 9.72 Å². The van der Waals surface area contributed by atoms with Crippen molar-refractivity contribution in [1.29, 1.82) is 0 Å². The van der Waals surface area contributed by atoms with Crippen LogP contribution in [0.15, 0.2) is 24.5 Å². The van der Waals surface area contributed by atoms with Crippen LogP contribution in [-0.4, -0.2) is 99.4 Å². The number of amides is 2. The molecule has 0 unspecified atom stereocenters. The van der Waals surface area contributed by atoms with Gasteiger partial charge < -0.3 is 40.2 Å². The van der Waals surface area contributed by atoms with Gasteiger partial charge in [0.1, 0.15) is 11.3 Å². The monoisotopic (exact) mass is 549 g/mol. The van der Waals surface area contributed by atoms with Gasteiger partial charge in [-0.1, -0.05) is 19.3 Å². The molecule has 2 aromatic heterocycles. The first-order chi connectivity index (χ1) is 19.6. The van der Waals surface area contributed by atoms with E-state index >= 15 is 0 Å². The normalized spacial score (nSPS) is 19.2. The summed E-state index contributed by atoms with van der Waals surface area (Å²) in [6.45, 7) is 4.06. The van der Waals surface area contributed by atoms with Gasteiger partial charge in [-0.05, 0) is 37.8 Å². The van der Waals surface area contributed by atoms with E-state index in [1.54, 1.807) is 13.4 Å². The highest BCUT2D eigenvalue weighted by atomic mass is 16.5. The Morgan fingerprint density at radius 1 is 1.00 bits per heavy atom. The smallest absolute Gasteiger partial charge is 0.320 e. The Labute approximate surface area is 234 Å². The van der Waals surface area contributed by atoms with Crippen LogP contribution in [0.2, 0.25) is 0 Å². The van der Waals surface area contributed by atoms with Gasteiger partial charge in [0.05, 0.1) is 25.2 Å². The van der Waals surface area contributed by atoms with Gasteiger partial charge in [-0.15, -0.1) is 0 Å². The molecule has 12 nitrogen and oxygen atoms in total. The van der Waals surface area contributed by atoms with Crippen molar-refractivity contribution in [2.75, 3.05) is 61.9 Å². The van der Waals surface area contributed by atoms with Crippen molar-refractivity contribution < 1.29 is 14.6 Å². The Morgan fingerprint density at radius 2 is 1.75 bits per heavy atom. The lowest BCUT2D eigenvalue weighted by atomic mass is 9.95. The van der Waals surface area contributed by atoms with E-state index in [-0.39, 0.29) is 12.1 Å². The third kappa shape index (κ3) is 5.72. The Hall–Kier alpha value is -3.80. The molecule has 4 heterocycles. The molecule has 1 saturated carbocycles. The Morgan fingerprint density at radius 3 is 2.50 bits per heavy atom. The number of carbonyl (C=O) groups excluding carboxylic acids is 1. The van der Waals surface area contributed by atoms with Crippen LogP contribution in [0.3, 0.4) is 0 Å². The van der Waals surface area contributed by atoms with Gasteiger partial charge in [-0.2, -0.15) is 9.97 Å². The van der Waals surface area contributed by atoms with E-state index < -0.39 is 0 Å². The predicted octanol–water partition coefficient (Wildman–Crippen LogP) is 3.55. The highest BCUT2D eigenvalue weighted by molar-refractivity contribution is 5.84. The van der Waals surface area contributed by atoms with Crippen LogP contribution in [0, 0.1) is 0 Å². The van der Waals surface area contributed by atoms with E-state index in [2.05, 4.69) is 36.6 Å². The number of aromatic nitrogens is 4. The average molecular weight is 550 g/mol. The SMILES string of the molecule is COc1cc(N2CCN(C(=O)N3CCC(O)CC3)CC2)ccc1Nc1nc(NC2CCCCC2)c2nc[nH]c2n1. The zero-order valence-electron chi connectivity index (χ0n) is 23.1. The summed E-state index contributed by atoms with van der Waals surface area (Å²) < 4.78 is 5.75. The number of anilines is 4. The molecule has 0 atom stereocenters. The molecule has 40 heavy (non-hydrogen) atoms. The van der Waals surface area contributed by atoms with E-state index in [0.717, 1.165) is 48.6 Å². The van der Waals surface area contributed by atoms with Crippen molar-refractivity contribution in [3.63, 3.8) is 0 Å². The molecule has 4 N–H and O–H groups in total. The minimum Gasteiger partial charge on any atom is -0.494 e. The van der Waals surface area contributed by atoms with Crippen LogP contribution < -0.4 is 20.3 Å². The molecule has 6 rings (SSSR count). The molecular formula is C28H39N9O3. The Balaban J connectivity index is 1.12. The molecule has 1 aliphatic carbocycles. The van der Waals surface area contributed by atoms with Gasteiger partial charge in [-0.25, -0.2) is 9.78 Å². The molecule has 3 aliphatic rings. The van der Waals surface area contributed by atoms with E-state index in [0.29, 0.717) is 62.4 Å². The molecule has 2 aliphatic heterocycles. The third-order valence-electron chi connectivity index (χ3n) is 8.31. The average Bonchev–Trinajstić information content (AvgIpc) is 3.47. The molecule has 12 heteroatoms. The van der Waals surface area contributed by atoms with E-state index in [1.165, 1.54) is 19.3 Å². The van der Waals surface area contributed by atoms with Crippen LogP contribution >= 0.6 is 0 Å². The molecule has 3 aromatic rings. The summed E-state index contributed by atoms with van der Waals surface area (Å²) >= 11 is 0. The number of hydrogen-bond donors (Lipinski definition) is 4. The number of urea groups is 1. The third-order valence-corrected chi connectivity index (χ3v) is 8.31. The molecule has 0 radical (unpaired) electrons. The maximum Gasteiger partial charge on any atom is 0.320 e. The minimum absolute atomic E-state index is 0.0789. The second kappa shape index (κ2) is 11.7. The van der Waals surface area contributed by atoms with Crippen molar-refractivity contribution in [2.24, 2.45) is 0 Å². The number of ether oxygens (including phenoxy) is 1. The van der Waals surface area contributed by atoms with Gasteiger partial charge >= 0.3 is 6.03 Å². The molecule has 0 spiro atoms. The molecule has 2 saturated heterocycles. The zero-order chi connectivity index (χ0) is 27.5. The summed E-state index contributed by atoms with van der Waals surface area (Å²) in [5, 5.41) is 16.7. The van der Waals surface area contributed by atoms with Crippen LogP contribution in [0.25, 0.3) is 11.2 Å². The van der Waals surface area contributed by atoms with Crippen molar-refractivity contribution in [2.45, 2.75) is 57.1 Å². The number of likely N-dealkylation sites (tertiary alicyclic amines) is 1. The van der Waals surface area contributed by atoms with Gasteiger partial charge in [0.15, 0.2) is 11.5 Å². The van der Waals surface area contributed by atoms with Crippen molar-refractivity contribution >= 4 is 40.3 Å². The summed E-state index contributed by atoms with van der Waals surface area (Å²) in [6, 6.07) is 6.54. The number of fused-ring (bicyclic) bond motifs is 1. The number of aromatic amines is 1. The maximum atomic E-state index is 12.9. The number of imidazole rings is 1. The van der Waals surface area contributed by atoms with Gasteiger partial charge in [0.2, 0.25) is 5.95 Å². The Kier molecular flexibility index (Phi) is 7.76. The summed E-state index contributed by atoms with van der Waals surface area (Å²) in [7, 11) is 1.66. The van der Waals surface area contributed by atoms with Crippen LogP contribution in [0.5, 0.6) is 5.75 Å².